The lowest BCUT2D eigenvalue weighted by molar-refractivity contribution is 0.164. The molecule has 1 aliphatic rings. The quantitative estimate of drug-likeness (QED) is 0.769. The highest BCUT2D eigenvalue weighted by Crippen LogP contribution is 2.23. The van der Waals surface area contributed by atoms with E-state index >= 15 is 0 Å². The van der Waals surface area contributed by atoms with Crippen LogP contribution in [0.5, 0.6) is 0 Å². The summed E-state index contributed by atoms with van der Waals surface area (Å²) in [4.78, 5) is 2.45. The summed E-state index contributed by atoms with van der Waals surface area (Å²) in [6.07, 6.45) is 4.48. The molecular weight excluding hydrogens is 224 g/mol. The number of furan rings is 1. The molecule has 0 atom stereocenters. The topological polar surface area (TPSA) is 28.4 Å². The third-order valence-corrected chi connectivity index (χ3v) is 3.51. The van der Waals surface area contributed by atoms with Gasteiger partial charge in [-0.05, 0) is 36.9 Å². The molecule has 1 heterocycles. The summed E-state index contributed by atoms with van der Waals surface area (Å²) >= 11 is 0. The van der Waals surface area contributed by atoms with Gasteiger partial charge in [-0.1, -0.05) is 20.8 Å². The van der Waals surface area contributed by atoms with Crippen molar-refractivity contribution in [2.45, 2.75) is 46.2 Å². The number of hydrogen-bond donors (Lipinski definition) is 1. The van der Waals surface area contributed by atoms with Crippen LogP contribution < -0.4 is 5.32 Å². The Kier molecular flexibility index (Phi) is 4.46. The zero-order valence-corrected chi connectivity index (χ0v) is 11.9. The van der Waals surface area contributed by atoms with Crippen molar-refractivity contribution in [3.05, 3.63) is 24.2 Å². The van der Waals surface area contributed by atoms with E-state index in [-0.39, 0.29) is 0 Å². The van der Waals surface area contributed by atoms with Gasteiger partial charge in [-0.2, -0.15) is 0 Å². The van der Waals surface area contributed by atoms with Crippen molar-refractivity contribution in [2.75, 3.05) is 19.6 Å². The second-order valence-electron chi connectivity index (χ2n) is 6.20. The van der Waals surface area contributed by atoms with Gasteiger partial charge < -0.3 is 9.73 Å². The summed E-state index contributed by atoms with van der Waals surface area (Å²) in [5.74, 6) is 1.06. The Hall–Kier alpha value is -0.800. The van der Waals surface area contributed by atoms with Gasteiger partial charge in [-0.25, -0.2) is 0 Å². The molecule has 1 N–H and O–H groups in total. The monoisotopic (exact) mass is 250 g/mol. The Bertz CT molecular complexity index is 341. The van der Waals surface area contributed by atoms with E-state index in [1.54, 1.807) is 6.26 Å². The average molecular weight is 250 g/mol. The zero-order valence-electron chi connectivity index (χ0n) is 11.9. The minimum atomic E-state index is 0.311. The Morgan fingerprint density at radius 1 is 1.44 bits per heavy atom. The van der Waals surface area contributed by atoms with Crippen LogP contribution >= 0.6 is 0 Å². The van der Waals surface area contributed by atoms with Crippen molar-refractivity contribution >= 4 is 0 Å². The molecule has 1 aliphatic carbocycles. The molecule has 0 spiro atoms. The number of hydrogen-bond acceptors (Lipinski definition) is 3. The maximum Gasteiger partial charge on any atom is 0.117 e. The van der Waals surface area contributed by atoms with Crippen molar-refractivity contribution < 1.29 is 4.42 Å². The summed E-state index contributed by atoms with van der Waals surface area (Å²) in [7, 11) is 0. The maximum absolute atomic E-state index is 5.43. The van der Waals surface area contributed by atoms with Gasteiger partial charge in [0, 0.05) is 19.1 Å². The van der Waals surface area contributed by atoms with Crippen LogP contribution in [0.3, 0.4) is 0 Å². The second-order valence-corrected chi connectivity index (χ2v) is 6.20. The lowest BCUT2D eigenvalue weighted by Gasteiger charge is -2.32. The van der Waals surface area contributed by atoms with E-state index < -0.39 is 0 Å². The first-order valence-corrected chi connectivity index (χ1v) is 7.07. The van der Waals surface area contributed by atoms with Gasteiger partial charge in [0.2, 0.25) is 0 Å². The molecule has 1 aromatic rings. The molecule has 0 unspecified atom stereocenters. The van der Waals surface area contributed by atoms with Crippen molar-refractivity contribution in [3.63, 3.8) is 0 Å². The van der Waals surface area contributed by atoms with Crippen LogP contribution in [0.1, 0.15) is 39.4 Å². The van der Waals surface area contributed by atoms with Crippen LogP contribution in [-0.2, 0) is 6.54 Å². The van der Waals surface area contributed by atoms with Gasteiger partial charge in [0.15, 0.2) is 0 Å². The minimum Gasteiger partial charge on any atom is -0.468 e. The molecule has 102 valence electrons. The first-order valence-electron chi connectivity index (χ1n) is 7.07. The average Bonchev–Trinajstić information content (AvgIpc) is 3.03. The van der Waals surface area contributed by atoms with Gasteiger partial charge >= 0.3 is 0 Å². The Balaban J connectivity index is 1.79. The molecule has 0 bridgehead atoms. The van der Waals surface area contributed by atoms with E-state index in [9.17, 15) is 0 Å². The van der Waals surface area contributed by atoms with Crippen LogP contribution in [0.15, 0.2) is 22.8 Å². The lowest BCUT2D eigenvalue weighted by Crippen LogP contribution is -2.40. The summed E-state index contributed by atoms with van der Waals surface area (Å²) in [6.45, 7) is 11.1. The molecule has 18 heavy (non-hydrogen) atoms. The fourth-order valence-corrected chi connectivity index (χ4v) is 2.27. The normalized spacial score (nSPS) is 16.4. The van der Waals surface area contributed by atoms with E-state index in [0.717, 1.165) is 38.0 Å². The molecule has 0 saturated heterocycles. The molecule has 0 aliphatic heterocycles. The van der Waals surface area contributed by atoms with E-state index in [1.165, 1.54) is 12.8 Å². The van der Waals surface area contributed by atoms with Crippen molar-refractivity contribution in [3.8, 4) is 0 Å². The van der Waals surface area contributed by atoms with E-state index in [1.807, 2.05) is 6.07 Å². The number of rotatable bonds is 8. The summed E-state index contributed by atoms with van der Waals surface area (Å²) in [5, 5.41) is 3.64. The molecule has 3 nitrogen and oxygen atoms in total. The maximum atomic E-state index is 5.43. The molecule has 0 radical (unpaired) electrons. The largest absolute Gasteiger partial charge is 0.468 e. The highest BCUT2D eigenvalue weighted by Gasteiger charge is 2.26. The third-order valence-electron chi connectivity index (χ3n) is 3.51. The third kappa shape index (κ3) is 4.46. The Labute approximate surface area is 111 Å². The van der Waals surface area contributed by atoms with Gasteiger partial charge in [0.05, 0.1) is 12.8 Å². The number of nitrogens with one attached hydrogen (secondary N) is 1. The molecule has 3 heteroatoms. The molecule has 1 fully saturated rings. The predicted octanol–water partition coefficient (Wildman–Crippen LogP) is 2.88. The molecule has 0 amide bonds. The van der Waals surface area contributed by atoms with Crippen LogP contribution in [0.2, 0.25) is 0 Å². The van der Waals surface area contributed by atoms with Crippen LogP contribution in [0.25, 0.3) is 0 Å². The van der Waals surface area contributed by atoms with Crippen LogP contribution in [0, 0.1) is 5.41 Å². The fourth-order valence-electron chi connectivity index (χ4n) is 2.27. The van der Waals surface area contributed by atoms with Gasteiger partial charge in [0.1, 0.15) is 5.76 Å². The highest BCUT2D eigenvalue weighted by atomic mass is 16.3. The molecule has 1 saturated carbocycles. The molecule has 0 aromatic carbocycles. The first-order chi connectivity index (χ1) is 8.59. The predicted molar refractivity (Wildman–Crippen MR) is 74.5 cm³/mol. The van der Waals surface area contributed by atoms with E-state index in [2.05, 4.69) is 37.1 Å². The van der Waals surface area contributed by atoms with Gasteiger partial charge in [0.25, 0.3) is 0 Å². The fraction of sp³-hybridized carbons (Fsp3) is 0.733. The molecular formula is C15H26N2O. The minimum absolute atomic E-state index is 0.311. The van der Waals surface area contributed by atoms with E-state index in [0.29, 0.717) is 5.41 Å². The van der Waals surface area contributed by atoms with Gasteiger partial charge in [-0.3, -0.25) is 4.90 Å². The van der Waals surface area contributed by atoms with Crippen molar-refractivity contribution in [1.29, 1.82) is 0 Å². The van der Waals surface area contributed by atoms with Crippen molar-refractivity contribution in [1.82, 2.24) is 10.2 Å². The number of nitrogens with zero attached hydrogens (tertiary/aromatic N) is 1. The van der Waals surface area contributed by atoms with Crippen LogP contribution in [0.4, 0.5) is 0 Å². The zero-order chi connectivity index (χ0) is 13.0. The summed E-state index contributed by atoms with van der Waals surface area (Å²) < 4.78 is 5.43. The van der Waals surface area contributed by atoms with Gasteiger partial charge in [-0.15, -0.1) is 0 Å². The molecule has 1 aromatic heterocycles. The second kappa shape index (κ2) is 5.89. The van der Waals surface area contributed by atoms with Crippen LogP contribution in [-0.4, -0.2) is 30.6 Å². The van der Waals surface area contributed by atoms with E-state index in [4.69, 9.17) is 4.42 Å². The first kappa shape index (κ1) is 13.6. The Morgan fingerprint density at radius 2 is 2.22 bits per heavy atom. The summed E-state index contributed by atoms with van der Waals surface area (Å²) in [5.41, 5.74) is 0.311. The van der Waals surface area contributed by atoms with Crippen molar-refractivity contribution in [2.24, 2.45) is 5.41 Å². The molecule has 2 rings (SSSR count). The SMILES string of the molecule is CCN(Cc1ccco1)CC(C)(C)CNC1CC1. The highest BCUT2D eigenvalue weighted by molar-refractivity contribution is 4.98. The Morgan fingerprint density at radius 3 is 2.78 bits per heavy atom. The lowest BCUT2D eigenvalue weighted by atomic mass is 9.92. The summed E-state index contributed by atoms with van der Waals surface area (Å²) in [6, 6.07) is 4.81. The smallest absolute Gasteiger partial charge is 0.117 e. The standard InChI is InChI=1S/C15H26N2O/c1-4-17(10-14-6-5-9-18-14)12-15(2,3)11-16-13-7-8-13/h5-6,9,13,16H,4,7-8,10-12H2,1-3H3.